The number of methoxy groups -OCH3 is 1. The van der Waals surface area contributed by atoms with E-state index in [9.17, 15) is 14.4 Å². The zero-order valence-electron chi connectivity index (χ0n) is 15.9. The van der Waals surface area contributed by atoms with Crippen LogP contribution in [0.15, 0.2) is 42.5 Å². The van der Waals surface area contributed by atoms with Gasteiger partial charge in [-0.2, -0.15) is 0 Å². The zero-order valence-corrected chi connectivity index (χ0v) is 16.7. The Morgan fingerprint density at radius 3 is 2.59 bits per heavy atom. The Hall–Kier alpha value is -3.06. The minimum atomic E-state index is -0.584. The van der Waals surface area contributed by atoms with Gasteiger partial charge < -0.3 is 19.7 Å². The van der Waals surface area contributed by atoms with E-state index in [0.29, 0.717) is 34.9 Å². The number of amides is 2. The third kappa shape index (κ3) is 5.26. The van der Waals surface area contributed by atoms with Crippen molar-refractivity contribution in [2.75, 3.05) is 25.1 Å². The van der Waals surface area contributed by atoms with Crippen LogP contribution in [0.2, 0.25) is 5.02 Å². The van der Waals surface area contributed by atoms with Crippen LogP contribution < -0.4 is 15.0 Å². The number of ether oxygens (including phenoxy) is 2. The Kier molecular flexibility index (Phi) is 6.72. The van der Waals surface area contributed by atoms with Crippen LogP contribution in [0.4, 0.5) is 5.69 Å². The number of rotatable bonds is 7. The standard InChI is InChI=1S/C21H21ClN2O5/c1-28-18-9-6-16(22)11-15(18)13-29-20(26)12-23-21(27)14-4-7-17(8-5-14)24-10-2-3-19(24)25/h4-9,11H,2-3,10,12-13H2,1H3,(H,23,27). The minimum Gasteiger partial charge on any atom is -0.496 e. The van der Waals surface area contributed by atoms with E-state index in [0.717, 1.165) is 12.1 Å². The number of hydrogen-bond donors (Lipinski definition) is 1. The molecule has 2 aromatic carbocycles. The highest BCUT2D eigenvalue weighted by atomic mass is 35.5. The van der Waals surface area contributed by atoms with Crippen molar-refractivity contribution in [3.8, 4) is 5.75 Å². The Balaban J connectivity index is 1.49. The molecule has 0 unspecified atom stereocenters. The lowest BCUT2D eigenvalue weighted by atomic mass is 10.2. The predicted molar refractivity (Wildman–Crippen MR) is 108 cm³/mol. The lowest BCUT2D eigenvalue weighted by molar-refractivity contribution is -0.143. The molecule has 0 spiro atoms. The predicted octanol–water partition coefficient (Wildman–Crippen LogP) is 2.95. The molecule has 0 saturated carbocycles. The van der Waals surface area contributed by atoms with Crippen molar-refractivity contribution in [2.45, 2.75) is 19.4 Å². The Morgan fingerprint density at radius 2 is 1.93 bits per heavy atom. The summed E-state index contributed by atoms with van der Waals surface area (Å²) in [6.45, 7) is 0.401. The van der Waals surface area contributed by atoms with Crippen LogP contribution in [0, 0.1) is 0 Å². The van der Waals surface area contributed by atoms with Gasteiger partial charge in [0.25, 0.3) is 5.91 Å². The second-order valence-electron chi connectivity index (χ2n) is 6.50. The van der Waals surface area contributed by atoms with Gasteiger partial charge in [-0.3, -0.25) is 14.4 Å². The molecule has 0 atom stereocenters. The topological polar surface area (TPSA) is 84.9 Å². The van der Waals surface area contributed by atoms with Gasteiger partial charge in [0.1, 0.15) is 18.9 Å². The van der Waals surface area contributed by atoms with E-state index in [4.69, 9.17) is 21.1 Å². The monoisotopic (exact) mass is 416 g/mol. The first-order chi connectivity index (χ1) is 14.0. The smallest absolute Gasteiger partial charge is 0.325 e. The van der Waals surface area contributed by atoms with Gasteiger partial charge in [-0.1, -0.05) is 11.6 Å². The molecular weight excluding hydrogens is 396 g/mol. The van der Waals surface area contributed by atoms with Crippen LogP contribution in [0.1, 0.15) is 28.8 Å². The van der Waals surface area contributed by atoms with Crippen LogP contribution in [0.5, 0.6) is 5.75 Å². The highest BCUT2D eigenvalue weighted by molar-refractivity contribution is 6.30. The van der Waals surface area contributed by atoms with Gasteiger partial charge in [0, 0.05) is 34.8 Å². The van der Waals surface area contributed by atoms with E-state index in [1.807, 2.05) is 0 Å². The molecule has 1 saturated heterocycles. The second-order valence-corrected chi connectivity index (χ2v) is 6.93. The number of halogens is 1. The Bertz CT molecular complexity index is 914. The van der Waals surface area contributed by atoms with Gasteiger partial charge >= 0.3 is 5.97 Å². The molecule has 0 bridgehead atoms. The summed E-state index contributed by atoms with van der Waals surface area (Å²) in [7, 11) is 1.51. The molecule has 8 heteroatoms. The molecule has 1 heterocycles. The number of carbonyl (C=O) groups excluding carboxylic acids is 3. The molecular formula is C21H21ClN2O5. The van der Waals surface area contributed by atoms with Gasteiger partial charge in [-0.15, -0.1) is 0 Å². The number of nitrogens with zero attached hydrogens (tertiary/aromatic N) is 1. The molecule has 0 radical (unpaired) electrons. The van der Waals surface area contributed by atoms with Gasteiger partial charge in [-0.25, -0.2) is 0 Å². The van der Waals surface area contributed by atoms with Crippen LogP contribution in [0.25, 0.3) is 0 Å². The maximum absolute atomic E-state index is 12.2. The molecule has 7 nitrogen and oxygen atoms in total. The van der Waals surface area contributed by atoms with Crippen molar-refractivity contribution < 1.29 is 23.9 Å². The molecule has 3 rings (SSSR count). The summed E-state index contributed by atoms with van der Waals surface area (Å²) >= 11 is 5.95. The van der Waals surface area contributed by atoms with E-state index >= 15 is 0 Å². The summed E-state index contributed by atoms with van der Waals surface area (Å²) in [6.07, 6.45) is 1.38. The van der Waals surface area contributed by atoms with Gasteiger partial charge in [0.05, 0.1) is 7.11 Å². The van der Waals surface area contributed by atoms with Gasteiger partial charge in [0.2, 0.25) is 5.91 Å². The molecule has 29 heavy (non-hydrogen) atoms. The largest absolute Gasteiger partial charge is 0.496 e. The maximum Gasteiger partial charge on any atom is 0.325 e. The number of benzene rings is 2. The zero-order chi connectivity index (χ0) is 20.8. The van der Waals surface area contributed by atoms with Crippen LogP contribution >= 0.6 is 11.6 Å². The maximum atomic E-state index is 12.2. The van der Waals surface area contributed by atoms with Crippen molar-refractivity contribution in [3.05, 3.63) is 58.6 Å². The van der Waals surface area contributed by atoms with E-state index in [-0.39, 0.29) is 19.1 Å². The number of esters is 1. The fraction of sp³-hybridized carbons (Fsp3) is 0.286. The van der Waals surface area contributed by atoms with Crippen LogP contribution in [-0.4, -0.2) is 38.0 Å². The number of hydrogen-bond acceptors (Lipinski definition) is 5. The lowest BCUT2D eigenvalue weighted by Gasteiger charge is -2.15. The molecule has 1 aliphatic rings. The molecule has 1 fully saturated rings. The van der Waals surface area contributed by atoms with E-state index < -0.39 is 11.9 Å². The minimum absolute atomic E-state index is 0.0169. The van der Waals surface area contributed by atoms with Crippen molar-refractivity contribution in [2.24, 2.45) is 0 Å². The summed E-state index contributed by atoms with van der Waals surface area (Å²) in [5.74, 6) is -0.342. The van der Waals surface area contributed by atoms with E-state index in [1.54, 1.807) is 47.4 Å². The van der Waals surface area contributed by atoms with Gasteiger partial charge in [-0.05, 0) is 48.9 Å². The highest BCUT2D eigenvalue weighted by Gasteiger charge is 2.21. The van der Waals surface area contributed by atoms with E-state index in [1.165, 1.54) is 7.11 Å². The first-order valence-electron chi connectivity index (χ1n) is 9.14. The molecule has 1 N–H and O–H groups in total. The molecule has 2 aromatic rings. The third-order valence-electron chi connectivity index (χ3n) is 4.54. The number of carbonyl (C=O) groups is 3. The average Bonchev–Trinajstić information content (AvgIpc) is 3.16. The van der Waals surface area contributed by atoms with Crippen molar-refractivity contribution in [1.82, 2.24) is 5.32 Å². The molecule has 0 aliphatic carbocycles. The molecule has 152 valence electrons. The lowest BCUT2D eigenvalue weighted by Crippen LogP contribution is -2.30. The number of anilines is 1. The molecule has 0 aromatic heterocycles. The summed E-state index contributed by atoms with van der Waals surface area (Å²) in [5, 5.41) is 3.03. The van der Waals surface area contributed by atoms with Crippen molar-refractivity contribution in [3.63, 3.8) is 0 Å². The van der Waals surface area contributed by atoms with Crippen molar-refractivity contribution >= 4 is 35.1 Å². The quantitative estimate of drug-likeness (QED) is 0.701. The summed E-state index contributed by atoms with van der Waals surface area (Å²) in [6, 6.07) is 11.7. The normalized spacial score (nSPS) is 13.3. The second kappa shape index (κ2) is 9.43. The Labute approximate surface area is 173 Å². The Morgan fingerprint density at radius 1 is 1.17 bits per heavy atom. The van der Waals surface area contributed by atoms with Crippen LogP contribution in [-0.2, 0) is 20.9 Å². The van der Waals surface area contributed by atoms with Crippen LogP contribution in [0.3, 0.4) is 0 Å². The summed E-state index contributed by atoms with van der Waals surface area (Å²) in [5.41, 5.74) is 1.79. The SMILES string of the molecule is COc1ccc(Cl)cc1COC(=O)CNC(=O)c1ccc(N2CCCC2=O)cc1. The first-order valence-corrected chi connectivity index (χ1v) is 9.52. The fourth-order valence-corrected chi connectivity index (χ4v) is 3.23. The average molecular weight is 417 g/mol. The first kappa shape index (κ1) is 20.7. The van der Waals surface area contributed by atoms with Crippen molar-refractivity contribution in [1.29, 1.82) is 0 Å². The summed E-state index contributed by atoms with van der Waals surface area (Å²) in [4.78, 5) is 37.6. The third-order valence-corrected chi connectivity index (χ3v) is 4.77. The summed E-state index contributed by atoms with van der Waals surface area (Å²) < 4.78 is 10.4. The highest BCUT2D eigenvalue weighted by Crippen LogP contribution is 2.23. The number of nitrogens with one attached hydrogen (secondary N) is 1. The molecule has 2 amide bonds. The van der Waals surface area contributed by atoms with Gasteiger partial charge in [0.15, 0.2) is 0 Å². The fourth-order valence-electron chi connectivity index (χ4n) is 3.04. The molecule has 1 aliphatic heterocycles. The van der Waals surface area contributed by atoms with E-state index in [2.05, 4.69) is 5.32 Å².